The molecule has 1 aromatic rings. The highest BCUT2D eigenvalue weighted by atomic mass is 16.6. The van der Waals surface area contributed by atoms with Gasteiger partial charge in [-0.1, -0.05) is 25.1 Å². The van der Waals surface area contributed by atoms with Crippen molar-refractivity contribution in [1.29, 1.82) is 0 Å². The predicted molar refractivity (Wildman–Crippen MR) is 102 cm³/mol. The van der Waals surface area contributed by atoms with Crippen LogP contribution >= 0.6 is 0 Å². The Hall–Kier alpha value is -2.08. The lowest BCUT2D eigenvalue weighted by atomic mass is 9.41. The smallest absolute Gasteiger partial charge is 0.317 e. The molecule has 28 heavy (non-hydrogen) atoms. The number of benzene rings is 1. The second kappa shape index (κ2) is 4.90. The summed E-state index contributed by atoms with van der Waals surface area (Å²) in [5, 5.41) is 0. The summed E-state index contributed by atoms with van der Waals surface area (Å²) >= 11 is 0. The number of likely N-dealkylation sites (N-methyl/N-ethyl adjacent to an activating group) is 2. The molecule has 148 valence electrons. The predicted octanol–water partition coefficient (Wildman–Crippen LogP) is 1.92. The molecule has 0 aromatic heterocycles. The van der Waals surface area contributed by atoms with E-state index in [9.17, 15) is 9.59 Å². The van der Waals surface area contributed by atoms with E-state index in [-0.39, 0.29) is 36.5 Å². The van der Waals surface area contributed by atoms with Gasteiger partial charge >= 0.3 is 11.9 Å². The van der Waals surface area contributed by atoms with Gasteiger partial charge in [0.25, 0.3) is 0 Å². The van der Waals surface area contributed by atoms with Crippen LogP contribution in [0, 0.1) is 17.3 Å². The molecule has 1 aromatic carbocycles. The van der Waals surface area contributed by atoms with Gasteiger partial charge in [-0.25, -0.2) is 0 Å². The van der Waals surface area contributed by atoms with E-state index in [1.165, 1.54) is 11.3 Å². The molecule has 6 heteroatoms. The zero-order chi connectivity index (χ0) is 19.5. The number of anilines is 1. The lowest BCUT2D eigenvalue weighted by molar-refractivity contribution is -0.265. The van der Waals surface area contributed by atoms with Gasteiger partial charge in [-0.2, -0.15) is 0 Å². The van der Waals surface area contributed by atoms with Crippen molar-refractivity contribution in [3.05, 3.63) is 29.8 Å². The Morgan fingerprint density at radius 3 is 2.79 bits per heavy atom. The lowest BCUT2D eigenvalue weighted by Crippen LogP contribution is -2.84. The molecule has 0 unspecified atom stereocenters. The molecule has 5 heterocycles. The third-order valence-electron chi connectivity index (χ3n) is 8.86. The van der Waals surface area contributed by atoms with Gasteiger partial charge in [0.15, 0.2) is 0 Å². The van der Waals surface area contributed by atoms with Gasteiger partial charge in [0.2, 0.25) is 0 Å². The van der Waals surface area contributed by atoms with E-state index in [1.54, 1.807) is 0 Å². The average molecular weight is 382 g/mol. The quantitative estimate of drug-likeness (QED) is 0.692. The van der Waals surface area contributed by atoms with E-state index < -0.39 is 16.5 Å². The van der Waals surface area contributed by atoms with E-state index in [1.807, 2.05) is 6.92 Å². The third-order valence-corrected chi connectivity index (χ3v) is 8.86. The maximum Gasteiger partial charge on any atom is 0.317 e. The highest BCUT2D eigenvalue weighted by Crippen LogP contribution is 2.75. The van der Waals surface area contributed by atoms with Gasteiger partial charge in [-0.05, 0) is 43.9 Å². The van der Waals surface area contributed by atoms with Crippen molar-refractivity contribution >= 4 is 17.6 Å². The first-order valence-corrected chi connectivity index (χ1v) is 10.4. The van der Waals surface area contributed by atoms with Crippen LogP contribution in [-0.4, -0.2) is 55.9 Å². The number of hydrogen-bond acceptors (Lipinski definition) is 6. The van der Waals surface area contributed by atoms with E-state index in [4.69, 9.17) is 9.47 Å². The SMILES string of the molecule is CC[C@@H]1C(=O)OC[C@@]23C(=O)O[C@@H](C[C@@H]12)[C@]12N(C)CC[C@@]13c1ccccc1N2C. The maximum absolute atomic E-state index is 13.6. The van der Waals surface area contributed by atoms with E-state index in [0.717, 1.165) is 19.4 Å². The van der Waals surface area contributed by atoms with Crippen LogP contribution in [0.2, 0.25) is 0 Å². The van der Waals surface area contributed by atoms with Gasteiger partial charge in [0.1, 0.15) is 23.8 Å². The fraction of sp³-hybridized carbons (Fsp3) is 0.636. The molecule has 1 aliphatic carbocycles. The number of likely N-dealkylation sites (tertiary alicyclic amines) is 1. The maximum atomic E-state index is 13.6. The summed E-state index contributed by atoms with van der Waals surface area (Å²) in [7, 11) is 4.28. The minimum absolute atomic E-state index is 0.0239. The number of fused-ring (bicyclic) bond motifs is 2. The third kappa shape index (κ3) is 1.34. The molecular formula is C22H26N2O4. The van der Waals surface area contributed by atoms with Crippen molar-refractivity contribution in [1.82, 2.24) is 4.90 Å². The summed E-state index contributed by atoms with van der Waals surface area (Å²) in [6, 6.07) is 8.47. The molecule has 7 rings (SSSR count). The standard InChI is InChI=1S/C22H26N2O4/c1-4-13-15-11-17-22-21(9-10-23(22)2,14-7-5-6-8-16(14)24(22)3)20(15,19(26)28-17)12-27-18(13)25/h5-8,13,15,17H,4,9-12H2,1-3H3/t13-,15-,17-,20-,21-,22+/m0/s1. The summed E-state index contributed by atoms with van der Waals surface area (Å²) in [4.78, 5) is 31.0. The molecule has 6 aliphatic rings. The number of nitrogens with zero attached hydrogens (tertiary/aromatic N) is 2. The summed E-state index contributed by atoms with van der Waals surface area (Å²) in [5.41, 5.74) is 0.741. The highest BCUT2D eigenvalue weighted by molar-refractivity contribution is 5.90. The summed E-state index contributed by atoms with van der Waals surface area (Å²) in [6.07, 6.45) is 2.04. The molecule has 6 atom stereocenters. The van der Waals surface area contributed by atoms with Crippen LogP contribution in [-0.2, 0) is 24.5 Å². The van der Waals surface area contributed by atoms with Crippen LogP contribution in [0.5, 0.6) is 0 Å². The molecule has 0 amide bonds. The first-order chi connectivity index (χ1) is 13.5. The fourth-order valence-electron chi connectivity index (χ4n) is 8.04. The van der Waals surface area contributed by atoms with Crippen molar-refractivity contribution in [2.45, 2.75) is 43.4 Å². The molecule has 1 saturated carbocycles. The van der Waals surface area contributed by atoms with Crippen LogP contribution in [0.3, 0.4) is 0 Å². The summed E-state index contributed by atoms with van der Waals surface area (Å²) in [5.74, 6) is -0.563. The molecule has 5 aliphatic heterocycles. The Labute approximate surface area is 164 Å². The number of esters is 2. The van der Waals surface area contributed by atoms with Crippen LogP contribution < -0.4 is 4.90 Å². The first-order valence-electron chi connectivity index (χ1n) is 10.4. The molecule has 4 saturated heterocycles. The van der Waals surface area contributed by atoms with Gasteiger partial charge in [0.05, 0.1) is 11.3 Å². The van der Waals surface area contributed by atoms with E-state index in [2.05, 4.69) is 48.2 Å². The minimum Gasteiger partial charge on any atom is -0.464 e. The molecule has 2 bridgehead atoms. The zero-order valence-corrected chi connectivity index (χ0v) is 16.6. The molecule has 1 spiro atoms. The largest absolute Gasteiger partial charge is 0.464 e. The number of carbonyl (C=O) groups excluding carboxylic acids is 2. The Bertz CT molecular complexity index is 918. The van der Waals surface area contributed by atoms with Crippen LogP contribution in [0.1, 0.15) is 31.7 Å². The summed E-state index contributed by atoms with van der Waals surface area (Å²) in [6.45, 7) is 3.06. The number of rotatable bonds is 1. The number of carbonyl (C=O) groups is 2. The van der Waals surface area contributed by atoms with Crippen molar-refractivity contribution in [3.8, 4) is 0 Å². The highest BCUT2D eigenvalue weighted by Gasteiger charge is 2.87. The Kier molecular flexibility index (Phi) is 2.95. The van der Waals surface area contributed by atoms with Gasteiger partial charge in [-0.3, -0.25) is 14.5 Å². The molecule has 0 N–H and O–H groups in total. The number of para-hydroxylation sites is 1. The van der Waals surface area contributed by atoms with Crippen molar-refractivity contribution in [3.63, 3.8) is 0 Å². The Balaban J connectivity index is 1.71. The number of cyclic esters (lactones) is 1. The van der Waals surface area contributed by atoms with Crippen LogP contribution in [0.25, 0.3) is 0 Å². The first kappa shape index (κ1) is 16.8. The summed E-state index contributed by atoms with van der Waals surface area (Å²) < 4.78 is 11.9. The normalized spacial score (nSPS) is 45.8. The van der Waals surface area contributed by atoms with E-state index in [0.29, 0.717) is 6.42 Å². The van der Waals surface area contributed by atoms with Crippen molar-refractivity contribution < 1.29 is 19.1 Å². The van der Waals surface area contributed by atoms with Crippen molar-refractivity contribution in [2.75, 3.05) is 32.1 Å². The zero-order valence-electron chi connectivity index (χ0n) is 16.6. The van der Waals surface area contributed by atoms with Gasteiger partial charge < -0.3 is 14.4 Å². The lowest BCUT2D eigenvalue weighted by Gasteiger charge is -2.69. The topological polar surface area (TPSA) is 59.1 Å². The molecule has 6 nitrogen and oxygen atoms in total. The fourth-order valence-corrected chi connectivity index (χ4v) is 8.04. The van der Waals surface area contributed by atoms with Crippen LogP contribution in [0.15, 0.2) is 24.3 Å². The average Bonchev–Trinajstić information content (AvgIpc) is 3.15. The Morgan fingerprint density at radius 1 is 1.21 bits per heavy atom. The van der Waals surface area contributed by atoms with Crippen LogP contribution in [0.4, 0.5) is 5.69 Å². The second-order valence-corrected chi connectivity index (χ2v) is 9.21. The van der Waals surface area contributed by atoms with Gasteiger partial charge in [0, 0.05) is 19.3 Å². The second-order valence-electron chi connectivity index (χ2n) is 9.21. The molecular weight excluding hydrogens is 356 g/mol. The van der Waals surface area contributed by atoms with Crippen molar-refractivity contribution in [2.24, 2.45) is 17.3 Å². The Morgan fingerprint density at radius 2 is 2.00 bits per heavy atom. The number of hydrogen-bond donors (Lipinski definition) is 0. The number of ether oxygens (including phenoxy) is 2. The van der Waals surface area contributed by atoms with E-state index >= 15 is 0 Å². The molecule has 5 fully saturated rings. The van der Waals surface area contributed by atoms with Gasteiger partial charge in [-0.15, -0.1) is 0 Å². The minimum atomic E-state index is -0.817. The molecule has 0 radical (unpaired) electrons. The monoisotopic (exact) mass is 382 g/mol.